The van der Waals surface area contributed by atoms with Gasteiger partial charge in [0.25, 0.3) is 0 Å². The molecule has 0 spiro atoms. The number of aromatic nitrogens is 1. The highest BCUT2D eigenvalue weighted by molar-refractivity contribution is 5.48. The average Bonchev–Trinajstić information content (AvgIpc) is 2.68. The minimum absolute atomic E-state index is 0.0672. The summed E-state index contributed by atoms with van der Waals surface area (Å²) in [6, 6.07) is 7.21. The Morgan fingerprint density at radius 1 is 1.24 bits per heavy atom. The van der Waals surface area contributed by atoms with Gasteiger partial charge in [0.2, 0.25) is 0 Å². The van der Waals surface area contributed by atoms with Crippen molar-refractivity contribution >= 4 is 0 Å². The highest BCUT2D eigenvalue weighted by atomic mass is 19.1. The van der Waals surface area contributed by atoms with Crippen LogP contribution in [0.2, 0.25) is 0 Å². The van der Waals surface area contributed by atoms with Crippen LogP contribution in [0, 0.1) is 25.1 Å². The van der Waals surface area contributed by atoms with Crippen molar-refractivity contribution < 1.29 is 4.39 Å². The van der Waals surface area contributed by atoms with Gasteiger partial charge in [-0.2, -0.15) is 0 Å². The number of nitrogens with two attached hydrogens (primary N) is 1. The lowest BCUT2D eigenvalue weighted by Gasteiger charge is -2.34. The zero-order valence-corrected chi connectivity index (χ0v) is 13.2. The van der Waals surface area contributed by atoms with Gasteiger partial charge < -0.3 is 10.3 Å². The first-order valence-electron chi connectivity index (χ1n) is 7.52. The molecule has 0 saturated heterocycles. The van der Waals surface area contributed by atoms with Crippen molar-refractivity contribution in [3.8, 4) is 5.69 Å². The van der Waals surface area contributed by atoms with Crippen molar-refractivity contribution in [2.45, 2.75) is 46.6 Å². The number of fused-ring (bicyclic) bond motifs is 1. The Labute approximate surface area is 125 Å². The highest BCUT2D eigenvalue weighted by Gasteiger charge is 2.33. The number of benzene rings is 1. The molecule has 1 atom stereocenters. The monoisotopic (exact) mass is 286 g/mol. The predicted molar refractivity (Wildman–Crippen MR) is 84.2 cm³/mol. The van der Waals surface area contributed by atoms with Crippen LogP contribution in [0.1, 0.15) is 48.8 Å². The molecule has 21 heavy (non-hydrogen) atoms. The fraction of sp³-hybridized carbons (Fsp3) is 0.444. The summed E-state index contributed by atoms with van der Waals surface area (Å²) in [7, 11) is 0. The topological polar surface area (TPSA) is 30.9 Å². The lowest BCUT2D eigenvalue weighted by Crippen LogP contribution is -2.30. The molecule has 2 N–H and O–H groups in total. The Balaban J connectivity index is 2.23. The Bertz CT molecular complexity index is 697. The summed E-state index contributed by atoms with van der Waals surface area (Å²) in [5.41, 5.74) is 12.1. The second-order valence-corrected chi connectivity index (χ2v) is 7.11. The molecule has 0 bridgehead atoms. The van der Waals surface area contributed by atoms with Crippen molar-refractivity contribution in [3.63, 3.8) is 0 Å². The quantitative estimate of drug-likeness (QED) is 0.836. The van der Waals surface area contributed by atoms with E-state index in [1.807, 2.05) is 13.0 Å². The van der Waals surface area contributed by atoms with Gasteiger partial charge in [0.05, 0.1) is 5.69 Å². The van der Waals surface area contributed by atoms with E-state index in [1.165, 1.54) is 17.3 Å². The van der Waals surface area contributed by atoms with Gasteiger partial charge in [-0.3, -0.25) is 0 Å². The summed E-state index contributed by atoms with van der Waals surface area (Å²) in [4.78, 5) is 0. The van der Waals surface area contributed by atoms with Crippen LogP contribution in [0.4, 0.5) is 4.39 Å². The van der Waals surface area contributed by atoms with E-state index in [2.05, 4.69) is 31.4 Å². The van der Waals surface area contributed by atoms with Gasteiger partial charge in [0.1, 0.15) is 5.82 Å². The van der Waals surface area contributed by atoms with Crippen molar-refractivity contribution in [2.24, 2.45) is 11.1 Å². The van der Waals surface area contributed by atoms with E-state index in [4.69, 9.17) is 5.73 Å². The largest absolute Gasteiger partial charge is 0.324 e. The fourth-order valence-electron chi connectivity index (χ4n) is 3.61. The summed E-state index contributed by atoms with van der Waals surface area (Å²) in [6.45, 7) is 8.60. The van der Waals surface area contributed by atoms with E-state index < -0.39 is 0 Å². The van der Waals surface area contributed by atoms with Gasteiger partial charge in [0, 0.05) is 17.4 Å². The van der Waals surface area contributed by atoms with Crippen LogP contribution < -0.4 is 5.73 Å². The molecule has 1 heterocycles. The fourth-order valence-corrected chi connectivity index (χ4v) is 3.61. The number of hydrogen-bond donors (Lipinski definition) is 1. The molecule has 112 valence electrons. The Morgan fingerprint density at radius 2 is 1.95 bits per heavy atom. The molecule has 3 rings (SSSR count). The highest BCUT2D eigenvalue weighted by Crippen LogP contribution is 2.42. The average molecular weight is 286 g/mol. The third kappa shape index (κ3) is 2.40. The molecule has 0 amide bonds. The molecule has 2 aromatic rings. The van der Waals surface area contributed by atoms with Crippen molar-refractivity contribution in [1.29, 1.82) is 0 Å². The van der Waals surface area contributed by atoms with Crippen LogP contribution in [-0.4, -0.2) is 4.57 Å². The van der Waals surface area contributed by atoms with E-state index in [1.54, 1.807) is 6.07 Å². The number of aryl methyl sites for hydroxylation is 2. The van der Waals surface area contributed by atoms with Gasteiger partial charge in [-0.15, -0.1) is 0 Å². The van der Waals surface area contributed by atoms with Crippen LogP contribution in [0.15, 0.2) is 24.3 Å². The van der Waals surface area contributed by atoms with E-state index >= 15 is 0 Å². The molecule has 1 aromatic heterocycles. The molecule has 3 heteroatoms. The van der Waals surface area contributed by atoms with Crippen LogP contribution in [-0.2, 0) is 6.42 Å². The molecule has 0 fully saturated rings. The maximum Gasteiger partial charge on any atom is 0.125 e. The van der Waals surface area contributed by atoms with E-state index in [9.17, 15) is 4.39 Å². The number of rotatable bonds is 1. The summed E-state index contributed by atoms with van der Waals surface area (Å²) in [5.74, 6) is -0.197. The minimum atomic E-state index is -0.197. The maximum absolute atomic E-state index is 13.7. The second-order valence-electron chi connectivity index (χ2n) is 7.11. The summed E-state index contributed by atoms with van der Waals surface area (Å²) in [5, 5.41) is 0. The normalized spacial score (nSPS) is 20.4. The Morgan fingerprint density at radius 3 is 2.67 bits per heavy atom. The van der Waals surface area contributed by atoms with Gasteiger partial charge >= 0.3 is 0 Å². The van der Waals surface area contributed by atoms with Crippen molar-refractivity contribution in [1.82, 2.24) is 4.57 Å². The standard InChI is InChI=1S/C18H23FN2/c1-11-5-6-13(19)8-16(11)21-12(2)7-14-15(20)9-18(3,4)10-17(14)21/h5-8,15H,9-10,20H2,1-4H3. The van der Waals surface area contributed by atoms with E-state index in [0.717, 1.165) is 29.8 Å². The molecule has 1 aliphatic rings. The lowest BCUT2D eigenvalue weighted by atomic mass is 9.74. The molecule has 0 radical (unpaired) electrons. The molecule has 2 nitrogen and oxygen atoms in total. The van der Waals surface area contributed by atoms with Crippen LogP contribution in [0.5, 0.6) is 0 Å². The smallest absolute Gasteiger partial charge is 0.125 e. The van der Waals surface area contributed by atoms with Gasteiger partial charge in [-0.1, -0.05) is 19.9 Å². The zero-order chi connectivity index (χ0) is 15.4. The summed E-state index contributed by atoms with van der Waals surface area (Å²) < 4.78 is 15.9. The number of halogens is 1. The first kappa shape index (κ1) is 14.3. The van der Waals surface area contributed by atoms with Gasteiger partial charge in [0.15, 0.2) is 0 Å². The SMILES string of the molecule is Cc1ccc(F)cc1-n1c(C)cc2c1CC(C)(C)CC2N. The van der Waals surface area contributed by atoms with Crippen molar-refractivity contribution in [3.05, 3.63) is 52.6 Å². The lowest BCUT2D eigenvalue weighted by molar-refractivity contribution is 0.278. The molecule has 1 aromatic carbocycles. The number of nitrogens with zero attached hydrogens (tertiary/aromatic N) is 1. The maximum atomic E-state index is 13.7. The molecule has 0 saturated carbocycles. The molecule has 0 aliphatic heterocycles. The summed E-state index contributed by atoms with van der Waals surface area (Å²) >= 11 is 0. The molecular formula is C18H23FN2. The van der Waals surface area contributed by atoms with Crippen LogP contribution in [0.3, 0.4) is 0 Å². The third-order valence-corrected chi connectivity index (χ3v) is 4.55. The predicted octanol–water partition coefficient (Wildman–Crippen LogP) is 4.21. The molecule has 1 unspecified atom stereocenters. The van der Waals surface area contributed by atoms with Crippen LogP contribution in [0.25, 0.3) is 5.69 Å². The van der Waals surface area contributed by atoms with Crippen LogP contribution >= 0.6 is 0 Å². The second kappa shape index (κ2) is 4.70. The van der Waals surface area contributed by atoms with E-state index in [0.29, 0.717) is 0 Å². The van der Waals surface area contributed by atoms with Crippen molar-refractivity contribution in [2.75, 3.05) is 0 Å². The first-order chi connectivity index (χ1) is 9.78. The van der Waals surface area contributed by atoms with E-state index in [-0.39, 0.29) is 17.3 Å². The van der Waals surface area contributed by atoms with Gasteiger partial charge in [-0.05, 0) is 61.4 Å². The molecular weight excluding hydrogens is 263 g/mol. The summed E-state index contributed by atoms with van der Waals surface area (Å²) in [6.07, 6.45) is 1.96. The first-order valence-corrected chi connectivity index (χ1v) is 7.52. The Hall–Kier alpha value is -1.61. The Kier molecular flexibility index (Phi) is 3.21. The third-order valence-electron chi connectivity index (χ3n) is 4.55. The number of hydrogen-bond acceptors (Lipinski definition) is 1. The van der Waals surface area contributed by atoms with Gasteiger partial charge in [-0.25, -0.2) is 4.39 Å². The zero-order valence-electron chi connectivity index (χ0n) is 13.2. The minimum Gasteiger partial charge on any atom is -0.324 e. The molecule has 1 aliphatic carbocycles.